The SMILES string of the molecule is COCCN(CCOC)c1nc(Cl)nc2ccc(Cl)cc12. The summed E-state index contributed by atoms with van der Waals surface area (Å²) < 4.78 is 10.3. The Hall–Kier alpha value is -1.14. The van der Waals surface area contributed by atoms with E-state index >= 15 is 0 Å². The number of hydrogen-bond donors (Lipinski definition) is 0. The maximum Gasteiger partial charge on any atom is 0.224 e. The fourth-order valence-corrected chi connectivity index (χ4v) is 2.37. The van der Waals surface area contributed by atoms with Crippen LogP contribution < -0.4 is 4.90 Å². The molecule has 5 nitrogen and oxygen atoms in total. The van der Waals surface area contributed by atoms with Crippen LogP contribution in [-0.4, -0.2) is 50.5 Å². The van der Waals surface area contributed by atoms with Crippen molar-refractivity contribution in [3.8, 4) is 0 Å². The highest BCUT2D eigenvalue weighted by Gasteiger charge is 2.14. The van der Waals surface area contributed by atoms with Gasteiger partial charge in [-0.1, -0.05) is 11.6 Å². The molecule has 0 unspecified atom stereocenters. The number of benzene rings is 1. The lowest BCUT2D eigenvalue weighted by molar-refractivity contribution is 0.190. The van der Waals surface area contributed by atoms with E-state index in [0.29, 0.717) is 31.3 Å². The van der Waals surface area contributed by atoms with E-state index < -0.39 is 0 Å². The molecular formula is C14H17Cl2N3O2. The van der Waals surface area contributed by atoms with Gasteiger partial charge in [-0.25, -0.2) is 4.98 Å². The maximum atomic E-state index is 6.09. The van der Waals surface area contributed by atoms with Crippen molar-refractivity contribution in [3.05, 3.63) is 28.5 Å². The van der Waals surface area contributed by atoms with Crippen LogP contribution in [0.2, 0.25) is 10.3 Å². The Morgan fingerprint density at radius 2 is 1.71 bits per heavy atom. The van der Waals surface area contributed by atoms with Crippen LogP contribution in [-0.2, 0) is 9.47 Å². The van der Waals surface area contributed by atoms with Crippen LogP contribution in [0, 0.1) is 0 Å². The fourth-order valence-electron chi connectivity index (χ4n) is 2.02. The molecule has 0 bridgehead atoms. The summed E-state index contributed by atoms with van der Waals surface area (Å²) in [6, 6.07) is 5.46. The Balaban J connectivity index is 2.46. The molecular weight excluding hydrogens is 313 g/mol. The number of methoxy groups -OCH3 is 2. The van der Waals surface area contributed by atoms with Gasteiger partial charge < -0.3 is 14.4 Å². The van der Waals surface area contributed by atoms with Crippen molar-refractivity contribution < 1.29 is 9.47 Å². The van der Waals surface area contributed by atoms with Gasteiger partial charge in [0.15, 0.2) is 0 Å². The lowest BCUT2D eigenvalue weighted by Crippen LogP contribution is -2.31. The van der Waals surface area contributed by atoms with Gasteiger partial charge in [0, 0.05) is 37.7 Å². The Labute approximate surface area is 133 Å². The molecule has 0 N–H and O–H groups in total. The van der Waals surface area contributed by atoms with Crippen LogP contribution in [0.3, 0.4) is 0 Å². The molecule has 0 saturated heterocycles. The number of hydrogen-bond acceptors (Lipinski definition) is 5. The monoisotopic (exact) mass is 329 g/mol. The van der Waals surface area contributed by atoms with E-state index in [-0.39, 0.29) is 5.28 Å². The summed E-state index contributed by atoms with van der Waals surface area (Å²) in [5.74, 6) is 0.738. The molecule has 114 valence electrons. The molecule has 0 fully saturated rings. The van der Waals surface area contributed by atoms with Gasteiger partial charge in [0.25, 0.3) is 0 Å². The lowest BCUT2D eigenvalue weighted by Gasteiger charge is -2.24. The zero-order chi connectivity index (χ0) is 15.2. The third kappa shape index (κ3) is 4.17. The van der Waals surface area contributed by atoms with Crippen molar-refractivity contribution in [1.82, 2.24) is 9.97 Å². The van der Waals surface area contributed by atoms with Crippen LogP contribution in [0.5, 0.6) is 0 Å². The zero-order valence-electron chi connectivity index (χ0n) is 12.0. The van der Waals surface area contributed by atoms with Gasteiger partial charge >= 0.3 is 0 Å². The van der Waals surface area contributed by atoms with E-state index in [1.807, 2.05) is 12.1 Å². The largest absolute Gasteiger partial charge is 0.383 e. The van der Waals surface area contributed by atoms with Gasteiger partial charge in [-0.2, -0.15) is 4.98 Å². The first kappa shape index (κ1) is 16.2. The maximum absolute atomic E-state index is 6.09. The van der Waals surface area contributed by atoms with Gasteiger partial charge in [-0.3, -0.25) is 0 Å². The second-order valence-corrected chi connectivity index (χ2v) is 5.22. The van der Waals surface area contributed by atoms with E-state index in [0.717, 1.165) is 16.7 Å². The highest BCUT2D eigenvalue weighted by atomic mass is 35.5. The number of aromatic nitrogens is 2. The van der Waals surface area contributed by atoms with Crippen molar-refractivity contribution in [3.63, 3.8) is 0 Å². The van der Waals surface area contributed by atoms with Crippen molar-refractivity contribution in [1.29, 1.82) is 0 Å². The number of nitrogens with zero attached hydrogens (tertiary/aromatic N) is 3. The number of ether oxygens (including phenoxy) is 2. The van der Waals surface area contributed by atoms with E-state index in [2.05, 4.69) is 14.9 Å². The topological polar surface area (TPSA) is 47.5 Å². The Morgan fingerprint density at radius 1 is 1.05 bits per heavy atom. The normalized spacial score (nSPS) is 11.0. The summed E-state index contributed by atoms with van der Waals surface area (Å²) in [7, 11) is 3.33. The van der Waals surface area contributed by atoms with Crippen molar-refractivity contribution in [2.75, 3.05) is 45.4 Å². The van der Waals surface area contributed by atoms with Crippen molar-refractivity contribution in [2.24, 2.45) is 0 Å². The van der Waals surface area contributed by atoms with Crippen LogP contribution in [0.1, 0.15) is 0 Å². The quantitative estimate of drug-likeness (QED) is 0.730. The van der Waals surface area contributed by atoms with Crippen LogP contribution in [0.25, 0.3) is 10.9 Å². The average molecular weight is 330 g/mol. The molecule has 0 spiro atoms. The minimum atomic E-state index is 0.208. The second kappa shape index (κ2) is 7.75. The van der Waals surface area contributed by atoms with Gasteiger partial charge in [-0.15, -0.1) is 0 Å². The number of rotatable bonds is 7. The molecule has 0 amide bonds. The Bertz CT molecular complexity index is 602. The van der Waals surface area contributed by atoms with E-state index in [1.165, 1.54) is 0 Å². The molecule has 1 aromatic carbocycles. The summed E-state index contributed by atoms with van der Waals surface area (Å²) in [5, 5.41) is 1.70. The van der Waals surface area contributed by atoms with E-state index in [4.69, 9.17) is 32.7 Å². The second-order valence-electron chi connectivity index (χ2n) is 4.45. The third-order valence-electron chi connectivity index (χ3n) is 3.04. The molecule has 0 radical (unpaired) electrons. The molecule has 7 heteroatoms. The molecule has 1 aromatic heterocycles. The predicted octanol–water partition coefficient (Wildman–Crippen LogP) is 3.04. The van der Waals surface area contributed by atoms with Gasteiger partial charge in [0.05, 0.1) is 18.7 Å². The van der Waals surface area contributed by atoms with Crippen LogP contribution in [0.15, 0.2) is 18.2 Å². The molecule has 21 heavy (non-hydrogen) atoms. The molecule has 0 aliphatic heterocycles. The van der Waals surface area contributed by atoms with E-state index in [9.17, 15) is 0 Å². The first-order chi connectivity index (χ1) is 10.2. The molecule has 0 atom stereocenters. The summed E-state index contributed by atoms with van der Waals surface area (Å²) in [5.41, 5.74) is 0.759. The summed E-state index contributed by atoms with van der Waals surface area (Å²) >= 11 is 12.1. The Kier molecular flexibility index (Phi) is 5.99. The van der Waals surface area contributed by atoms with Gasteiger partial charge in [0.1, 0.15) is 5.82 Å². The zero-order valence-corrected chi connectivity index (χ0v) is 13.5. The first-order valence-corrected chi connectivity index (χ1v) is 7.27. The predicted molar refractivity (Wildman–Crippen MR) is 85.5 cm³/mol. The highest BCUT2D eigenvalue weighted by Crippen LogP contribution is 2.27. The molecule has 0 aliphatic rings. The molecule has 2 aromatic rings. The van der Waals surface area contributed by atoms with Crippen LogP contribution >= 0.6 is 23.2 Å². The number of halogens is 2. The lowest BCUT2D eigenvalue weighted by atomic mass is 10.2. The van der Waals surface area contributed by atoms with E-state index in [1.54, 1.807) is 20.3 Å². The summed E-state index contributed by atoms with van der Waals surface area (Å²) in [6.07, 6.45) is 0. The molecule has 0 aliphatic carbocycles. The van der Waals surface area contributed by atoms with Crippen LogP contribution in [0.4, 0.5) is 5.82 Å². The minimum Gasteiger partial charge on any atom is -0.383 e. The number of anilines is 1. The van der Waals surface area contributed by atoms with Crippen molar-refractivity contribution in [2.45, 2.75) is 0 Å². The summed E-state index contributed by atoms with van der Waals surface area (Å²) in [4.78, 5) is 10.6. The van der Waals surface area contributed by atoms with Gasteiger partial charge in [-0.05, 0) is 29.8 Å². The average Bonchev–Trinajstić information content (AvgIpc) is 2.47. The fraction of sp³-hybridized carbons (Fsp3) is 0.429. The molecule has 2 rings (SSSR count). The summed E-state index contributed by atoms with van der Waals surface area (Å²) in [6.45, 7) is 2.50. The molecule has 1 heterocycles. The third-order valence-corrected chi connectivity index (χ3v) is 3.44. The highest BCUT2D eigenvalue weighted by molar-refractivity contribution is 6.31. The number of fused-ring (bicyclic) bond motifs is 1. The Morgan fingerprint density at radius 3 is 2.33 bits per heavy atom. The van der Waals surface area contributed by atoms with Crippen molar-refractivity contribution >= 4 is 39.9 Å². The standard InChI is InChI=1S/C14H17Cl2N3O2/c1-20-7-5-19(6-8-21-2)13-11-9-10(15)3-4-12(11)17-14(16)18-13/h3-4,9H,5-8H2,1-2H3. The minimum absolute atomic E-state index is 0.208. The van der Waals surface area contributed by atoms with Gasteiger partial charge in [0.2, 0.25) is 5.28 Å². The smallest absolute Gasteiger partial charge is 0.224 e. The molecule has 0 saturated carbocycles. The first-order valence-electron chi connectivity index (χ1n) is 6.51.